The minimum atomic E-state index is -0.672. The van der Waals surface area contributed by atoms with Gasteiger partial charge >= 0.3 is 5.97 Å². The molecule has 0 aromatic rings. The molecule has 0 aliphatic heterocycles. The Labute approximate surface area is 430 Å². The summed E-state index contributed by atoms with van der Waals surface area (Å²) in [7, 11) is 0. The molecule has 0 spiro atoms. The van der Waals surface area contributed by atoms with E-state index >= 15 is 0 Å². The maximum absolute atomic E-state index is 12.5. The van der Waals surface area contributed by atoms with Gasteiger partial charge in [0.2, 0.25) is 5.91 Å². The third-order valence-electron chi connectivity index (χ3n) is 14.2. The van der Waals surface area contributed by atoms with Gasteiger partial charge in [0.25, 0.3) is 0 Å². The van der Waals surface area contributed by atoms with E-state index in [0.29, 0.717) is 25.9 Å². The Hall–Kier alpha value is -1.92. The Morgan fingerprint density at radius 1 is 0.406 bits per heavy atom. The second kappa shape index (κ2) is 58.6. The molecule has 0 aromatic carbocycles. The maximum atomic E-state index is 12.5. The first-order valence-corrected chi connectivity index (χ1v) is 30.7. The van der Waals surface area contributed by atoms with Gasteiger partial charge < -0.3 is 20.3 Å². The van der Waals surface area contributed by atoms with Crippen molar-refractivity contribution < 1.29 is 24.5 Å². The van der Waals surface area contributed by atoms with Crippen LogP contribution in [0.4, 0.5) is 0 Å². The van der Waals surface area contributed by atoms with Gasteiger partial charge in [-0.2, -0.15) is 0 Å². The molecule has 0 fully saturated rings. The molecule has 6 nitrogen and oxygen atoms in total. The summed E-state index contributed by atoms with van der Waals surface area (Å²) in [5, 5.41) is 23.3. The first-order chi connectivity index (χ1) is 34.0. The van der Waals surface area contributed by atoms with Crippen LogP contribution < -0.4 is 5.32 Å². The molecule has 0 rings (SSSR count). The molecule has 406 valence electrons. The largest absolute Gasteiger partial charge is 0.466 e. The molecule has 0 bridgehead atoms. The lowest BCUT2D eigenvalue weighted by atomic mass is 10.0. The maximum Gasteiger partial charge on any atom is 0.305 e. The second-order valence-corrected chi connectivity index (χ2v) is 21.0. The Balaban J connectivity index is 3.45. The fourth-order valence-corrected chi connectivity index (χ4v) is 9.43. The van der Waals surface area contributed by atoms with Crippen molar-refractivity contribution in [1.82, 2.24) is 5.32 Å². The topological polar surface area (TPSA) is 95.9 Å². The van der Waals surface area contributed by atoms with Crippen molar-refractivity contribution in [3.8, 4) is 0 Å². The van der Waals surface area contributed by atoms with Crippen LogP contribution in [0.1, 0.15) is 328 Å². The Bertz CT molecular complexity index is 1120. The van der Waals surface area contributed by atoms with Gasteiger partial charge in [-0.25, -0.2) is 0 Å². The van der Waals surface area contributed by atoms with Gasteiger partial charge in [0.15, 0.2) is 0 Å². The lowest BCUT2D eigenvalue weighted by Gasteiger charge is -2.22. The van der Waals surface area contributed by atoms with E-state index in [9.17, 15) is 19.8 Å². The Kier molecular flexibility index (Phi) is 57.0. The summed E-state index contributed by atoms with van der Waals surface area (Å²) in [6, 6.07) is -0.550. The molecule has 0 aliphatic carbocycles. The second-order valence-electron chi connectivity index (χ2n) is 21.0. The molecule has 2 unspecified atom stereocenters. The van der Waals surface area contributed by atoms with Gasteiger partial charge in [0.05, 0.1) is 25.4 Å². The number of esters is 1. The molecular formula is C63H119NO5. The third kappa shape index (κ3) is 55.2. The van der Waals surface area contributed by atoms with Crippen LogP contribution in [0.25, 0.3) is 0 Å². The molecule has 3 N–H and O–H groups in total. The van der Waals surface area contributed by atoms with Crippen molar-refractivity contribution in [3.63, 3.8) is 0 Å². The Morgan fingerprint density at radius 3 is 1.14 bits per heavy atom. The minimum Gasteiger partial charge on any atom is -0.466 e. The number of nitrogens with one attached hydrogen (secondary N) is 1. The zero-order chi connectivity index (χ0) is 50.0. The number of carbonyl (C=O) groups is 2. The molecule has 0 heterocycles. The highest BCUT2D eigenvalue weighted by Crippen LogP contribution is 2.17. The average Bonchev–Trinajstić information content (AvgIpc) is 3.35. The van der Waals surface area contributed by atoms with Crippen molar-refractivity contribution in [3.05, 3.63) is 36.5 Å². The third-order valence-corrected chi connectivity index (χ3v) is 14.2. The standard InChI is InChI=1S/C63H119NO5/c1-3-5-7-9-11-13-15-17-19-20-24-28-31-35-39-43-47-51-55-61(66)60(59-65)64-62(67)56-52-48-44-40-36-32-29-25-22-21-23-26-30-34-38-42-46-50-54-58-69-63(68)57-53-49-45-41-37-33-27-18-16-14-12-10-8-6-4-2/h12,14,18,21-22,27,60-61,65-66H,3-11,13,15-17,19-20,23-26,28-59H2,1-2H3,(H,64,67)/b14-12-,22-21-,27-18-. The van der Waals surface area contributed by atoms with E-state index in [0.717, 1.165) is 57.8 Å². The summed E-state index contributed by atoms with van der Waals surface area (Å²) in [5.41, 5.74) is 0. The monoisotopic (exact) mass is 970 g/mol. The SMILES string of the molecule is CCCCC/C=C\C/C=C\CCCCCCCC(=O)OCCCCCCCCCC/C=C\CCCCCCCCCC(=O)NC(CO)C(O)CCCCCCCCCCCCCCCCCCCC. The normalized spacial score (nSPS) is 12.8. The molecule has 0 radical (unpaired) electrons. The number of carbonyl (C=O) groups excluding carboxylic acids is 2. The van der Waals surface area contributed by atoms with E-state index in [4.69, 9.17) is 4.74 Å². The van der Waals surface area contributed by atoms with Gasteiger partial charge in [0.1, 0.15) is 0 Å². The summed E-state index contributed by atoms with van der Waals surface area (Å²) >= 11 is 0. The summed E-state index contributed by atoms with van der Waals surface area (Å²) in [4.78, 5) is 24.5. The zero-order valence-electron chi connectivity index (χ0n) is 46.3. The molecular weight excluding hydrogens is 851 g/mol. The van der Waals surface area contributed by atoms with Gasteiger partial charge in [-0.15, -0.1) is 0 Å². The van der Waals surface area contributed by atoms with Crippen molar-refractivity contribution in [2.75, 3.05) is 13.2 Å². The number of allylic oxidation sites excluding steroid dienone is 6. The molecule has 1 amide bonds. The van der Waals surface area contributed by atoms with Gasteiger partial charge in [-0.05, 0) is 83.5 Å². The van der Waals surface area contributed by atoms with E-state index in [-0.39, 0.29) is 18.5 Å². The van der Waals surface area contributed by atoms with Crippen LogP contribution in [0.15, 0.2) is 36.5 Å². The molecule has 0 saturated carbocycles. The van der Waals surface area contributed by atoms with E-state index in [1.807, 2.05) is 0 Å². The van der Waals surface area contributed by atoms with Crippen LogP contribution in [0, 0.1) is 0 Å². The van der Waals surface area contributed by atoms with Crippen molar-refractivity contribution >= 4 is 11.9 Å². The quantitative estimate of drug-likeness (QED) is 0.0321. The molecule has 0 aromatic heterocycles. The van der Waals surface area contributed by atoms with Crippen molar-refractivity contribution in [1.29, 1.82) is 0 Å². The zero-order valence-corrected chi connectivity index (χ0v) is 46.3. The Morgan fingerprint density at radius 2 is 0.725 bits per heavy atom. The molecule has 69 heavy (non-hydrogen) atoms. The van der Waals surface area contributed by atoms with Crippen LogP contribution in [0.5, 0.6) is 0 Å². The summed E-state index contributed by atoms with van der Waals surface area (Å²) in [6.45, 7) is 4.92. The fraction of sp³-hybridized carbons (Fsp3) is 0.873. The minimum absolute atomic E-state index is 0.00986. The van der Waals surface area contributed by atoms with E-state index in [1.165, 1.54) is 238 Å². The van der Waals surface area contributed by atoms with Crippen LogP contribution in [0.3, 0.4) is 0 Å². The molecule has 6 heteroatoms. The summed E-state index contributed by atoms with van der Waals surface area (Å²) in [5.74, 6) is -0.0528. The van der Waals surface area contributed by atoms with Gasteiger partial charge in [0, 0.05) is 12.8 Å². The van der Waals surface area contributed by atoms with Crippen LogP contribution in [0.2, 0.25) is 0 Å². The van der Waals surface area contributed by atoms with E-state index in [2.05, 4.69) is 55.6 Å². The van der Waals surface area contributed by atoms with Crippen molar-refractivity contribution in [2.24, 2.45) is 0 Å². The van der Waals surface area contributed by atoms with E-state index in [1.54, 1.807) is 0 Å². The van der Waals surface area contributed by atoms with Crippen LogP contribution in [-0.2, 0) is 14.3 Å². The number of hydrogen-bond donors (Lipinski definition) is 3. The smallest absolute Gasteiger partial charge is 0.305 e. The predicted molar refractivity (Wildman–Crippen MR) is 301 cm³/mol. The first-order valence-electron chi connectivity index (χ1n) is 30.7. The number of rotatable bonds is 57. The predicted octanol–water partition coefficient (Wildman–Crippen LogP) is 19.2. The number of hydrogen-bond acceptors (Lipinski definition) is 5. The number of aliphatic hydroxyl groups excluding tert-OH is 2. The number of aliphatic hydroxyl groups is 2. The van der Waals surface area contributed by atoms with Crippen LogP contribution >= 0.6 is 0 Å². The average molecular weight is 971 g/mol. The van der Waals surface area contributed by atoms with Gasteiger partial charge in [-0.1, -0.05) is 269 Å². The number of ether oxygens (including phenoxy) is 1. The fourth-order valence-electron chi connectivity index (χ4n) is 9.43. The van der Waals surface area contributed by atoms with E-state index < -0.39 is 12.1 Å². The van der Waals surface area contributed by atoms with Crippen LogP contribution in [-0.4, -0.2) is 47.4 Å². The van der Waals surface area contributed by atoms with Gasteiger partial charge in [-0.3, -0.25) is 9.59 Å². The van der Waals surface area contributed by atoms with Crippen molar-refractivity contribution in [2.45, 2.75) is 341 Å². The molecule has 0 saturated heterocycles. The highest BCUT2D eigenvalue weighted by molar-refractivity contribution is 5.76. The lowest BCUT2D eigenvalue weighted by Crippen LogP contribution is -2.45. The first kappa shape index (κ1) is 67.1. The number of amides is 1. The summed E-state index contributed by atoms with van der Waals surface area (Å²) < 4.78 is 5.47. The number of unbranched alkanes of at least 4 members (excludes halogenated alkanes) is 40. The highest BCUT2D eigenvalue weighted by atomic mass is 16.5. The molecule has 0 aliphatic rings. The highest BCUT2D eigenvalue weighted by Gasteiger charge is 2.20. The lowest BCUT2D eigenvalue weighted by molar-refractivity contribution is -0.143. The summed E-state index contributed by atoms with van der Waals surface area (Å²) in [6.07, 6.45) is 72.8. The molecule has 2 atom stereocenters.